The van der Waals surface area contributed by atoms with Gasteiger partial charge in [0.1, 0.15) is 0 Å². The molecule has 0 radical (unpaired) electrons. The first-order valence-electron chi connectivity index (χ1n) is 8.10. The summed E-state index contributed by atoms with van der Waals surface area (Å²) in [4.78, 5) is 12.1. The molecule has 0 aliphatic heterocycles. The van der Waals surface area contributed by atoms with Crippen LogP contribution in [0, 0.1) is 0 Å². The van der Waals surface area contributed by atoms with E-state index in [1.165, 1.54) is 12.1 Å². The lowest BCUT2D eigenvalue weighted by molar-refractivity contribution is -0.115. The third-order valence-corrected chi connectivity index (χ3v) is 4.73. The van der Waals surface area contributed by atoms with Crippen LogP contribution in [0.3, 0.4) is 0 Å². The van der Waals surface area contributed by atoms with Crippen molar-refractivity contribution in [3.63, 3.8) is 0 Å². The highest BCUT2D eigenvalue weighted by atomic mass is 32.2. The predicted octanol–water partition coefficient (Wildman–Crippen LogP) is 1.67. The lowest BCUT2D eigenvalue weighted by Gasteiger charge is -2.10. The average molecular weight is 361 g/mol. The first-order valence-corrected chi connectivity index (χ1v) is 9.65. The van der Waals surface area contributed by atoms with Crippen molar-refractivity contribution < 1.29 is 13.2 Å². The van der Waals surface area contributed by atoms with Gasteiger partial charge in [-0.05, 0) is 48.7 Å². The van der Waals surface area contributed by atoms with E-state index >= 15 is 0 Å². The molecule has 0 atom stereocenters. The van der Waals surface area contributed by atoms with Gasteiger partial charge in [0.15, 0.2) is 0 Å². The van der Waals surface area contributed by atoms with Crippen molar-refractivity contribution in [2.45, 2.75) is 24.7 Å². The molecule has 0 aromatic heterocycles. The van der Waals surface area contributed by atoms with Crippen molar-refractivity contribution in [3.8, 4) is 0 Å². The number of aryl methyl sites for hydroxylation is 1. The first kappa shape index (κ1) is 19.1. The van der Waals surface area contributed by atoms with Gasteiger partial charge in [0.25, 0.3) is 0 Å². The maximum atomic E-state index is 12.0. The Labute approximate surface area is 148 Å². The predicted molar refractivity (Wildman–Crippen MR) is 98.8 cm³/mol. The molecule has 7 heteroatoms. The quantitative estimate of drug-likeness (QED) is 0.623. The zero-order valence-electron chi connectivity index (χ0n) is 14.2. The summed E-state index contributed by atoms with van der Waals surface area (Å²) in [5.74, 6) is -0.0922. The van der Waals surface area contributed by atoms with Gasteiger partial charge in [-0.25, -0.2) is 13.6 Å². The Bertz CT molecular complexity index is 818. The Hall–Kier alpha value is -2.22. The molecule has 0 aliphatic carbocycles. The lowest BCUT2D eigenvalue weighted by Crippen LogP contribution is -2.29. The van der Waals surface area contributed by atoms with Crippen molar-refractivity contribution in [2.24, 2.45) is 5.14 Å². The number of amides is 1. The van der Waals surface area contributed by atoms with Crippen LogP contribution < -0.4 is 15.8 Å². The molecule has 1 amide bonds. The minimum absolute atomic E-state index is 0.0922. The van der Waals surface area contributed by atoms with E-state index in [0.29, 0.717) is 13.0 Å². The number of anilines is 1. The van der Waals surface area contributed by atoms with Crippen LogP contribution in [0.2, 0.25) is 0 Å². The summed E-state index contributed by atoms with van der Waals surface area (Å²) < 4.78 is 22.4. The van der Waals surface area contributed by atoms with Crippen LogP contribution in [0.15, 0.2) is 53.4 Å². The maximum absolute atomic E-state index is 12.0. The molecule has 25 heavy (non-hydrogen) atoms. The second-order valence-corrected chi connectivity index (χ2v) is 7.24. The Morgan fingerprint density at radius 2 is 1.76 bits per heavy atom. The summed E-state index contributed by atoms with van der Waals surface area (Å²) in [6.45, 7) is 2.87. The number of benzene rings is 2. The summed E-state index contributed by atoms with van der Waals surface area (Å²) in [5, 5.41) is 11.0. The minimum Gasteiger partial charge on any atom is -0.325 e. The Kier molecular flexibility index (Phi) is 6.69. The van der Waals surface area contributed by atoms with Crippen LogP contribution >= 0.6 is 0 Å². The second kappa shape index (κ2) is 8.75. The standard InChI is InChI=1S/C18H23N3O3S/c1-2-15-5-3-4-6-17(15)21-18(22)13-20-12-11-14-7-9-16(10-8-14)25(19,23)24/h3-10,20H,2,11-13H2,1H3,(H,21,22)(H2,19,23,24). The fourth-order valence-corrected chi connectivity index (χ4v) is 2.94. The number of nitrogens with one attached hydrogen (secondary N) is 2. The van der Waals surface area contributed by atoms with Crippen molar-refractivity contribution in [2.75, 3.05) is 18.4 Å². The fraction of sp³-hybridized carbons (Fsp3) is 0.278. The molecule has 6 nitrogen and oxygen atoms in total. The van der Waals surface area contributed by atoms with Crippen molar-refractivity contribution >= 4 is 21.6 Å². The van der Waals surface area contributed by atoms with Crippen molar-refractivity contribution in [3.05, 3.63) is 59.7 Å². The molecule has 0 spiro atoms. The number of rotatable bonds is 8. The summed E-state index contributed by atoms with van der Waals surface area (Å²) in [7, 11) is -3.66. The molecule has 4 N–H and O–H groups in total. The normalized spacial score (nSPS) is 11.3. The smallest absolute Gasteiger partial charge is 0.238 e. The second-order valence-electron chi connectivity index (χ2n) is 5.67. The van der Waals surface area contributed by atoms with Gasteiger partial charge in [-0.3, -0.25) is 4.79 Å². The zero-order chi connectivity index (χ0) is 18.3. The molecule has 134 valence electrons. The highest BCUT2D eigenvalue weighted by Crippen LogP contribution is 2.15. The fourth-order valence-electron chi connectivity index (χ4n) is 2.43. The molecule has 2 rings (SSSR count). The third-order valence-electron chi connectivity index (χ3n) is 3.80. The zero-order valence-corrected chi connectivity index (χ0v) is 15.0. The molecule has 0 fully saturated rings. The van der Waals surface area contributed by atoms with E-state index in [9.17, 15) is 13.2 Å². The number of nitrogens with two attached hydrogens (primary N) is 1. The SMILES string of the molecule is CCc1ccccc1NC(=O)CNCCc1ccc(S(N)(=O)=O)cc1. The Morgan fingerprint density at radius 3 is 2.40 bits per heavy atom. The molecule has 0 bridgehead atoms. The number of carbonyl (C=O) groups excluding carboxylic acids is 1. The Morgan fingerprint density at radius 1 is 1.08 bits per heavy atom. The third kappa shape index (κ3) is 5.97. The number of hydrogen-bond donors (Lipinski definition) is 3. The topological polar surface area (TPSA) is 101 Å². The number of sulfonamides is 1. The van der Waals surface area contributed by atoms with Gasteiger partial charge >= 0.3 is 0 Å². The van der Waals surface area contributed by atoms with Gasteiger partial charge in [-0.2, -0.15) is 0 Å². The van der Waals surface area contributed by atoms with Gasteiger partial charge in [0.2, 0.25) is 15.9 Å². The number of hydrogen-bond acceptors (Lipinski definition) is 4. The molecule has 0 saturated heterocycles. The Balaban J connectivity index is 1.76. The van der Waals surface area contributed by atoms with Gasteiger partial charge in [0.05, 0.1) is 11.4 Å². The van der Waals surface area contributed by atoms with E-state index < -0.39 is 10.0 Å². The first-order chi connectivity index (χ1) is 11.9. The number of carbonyl (C=O) groups is 1. The molecule has 0 heterocycles. The lowest BCUT2D eigenvalue weighted by atomic mass is 10.1. The van der Waals surface area contributed by atoms with Gasteiger partial charge in [-0.1, -0.05) is 37.3 Å². The highest BCUT2D eigenvalue weighted by Gasteiger charge is 2.07. The summed E-state index contributed by atoms with van der Waals surface area (Å²) in [5.41, 5.74) is 2.91. The van der Waals surface area contributed by atoms with Crippen LogP contribution in [0.5, 0.6) is 0 Å². The van der Waals surface area contributed by atoms with Gasteiger partial charge in [-0.15, -0.1) is 0 Å². The molecular weight excluding hydrogens is 338 g/mol. The molecule has 2 aromatic carbocycles. The van der Waals surface area contributed by atoms with E-state index in [1.54, 1.807) is 12.1 Å². The van der Waals surface area contributed by atoms with E-state index in [1.807, 2.05) is 31.2 Å². The van der Waals surface area contributed by atoms with E-state index in [2.05, 4.69) is 10.6 Å². The van der Waals surface area contributed by atoms with Crippen LogP contribution in [0.25, 0.3) is 0 Å². The van der Waals surface area contributed by atoms with Crippen LogP contribution in [-0.2, 0) is 27.7 Å². The van der Waals surface area contributed by atoms with Gasteiger partial charge in [0, 0.05) is 5.69 Å². The number of primary sulfonamides is 1. The minimum atomic E-state index is -3.66. The van der Waals surface area contributed by atoms with Crippen LogP contribution in [-0.4, -0.2) is 27.4 Å². The summed E-state index contributed by atoms with van der Waals surface area (Å²) >= 11 is 0. The highest BCUT2D eigenvalue weighted by molar-refractivity contribution is 7.89. The van der Waals surface area contributed by atoms with Crippen molar-refractivity contribution in [1.29, 1.82) is 0 Å². The monoisotopic (exact) mass is 361 g/mol. The van der Waals surface area contributed by atoms with E-state index in [-0.39, 0.29) is 17.3 Å². The molecule has 0 aliphatic rings. The summed E-state index contributed by atoms with van der Waals surface area (Å²) in [6, 6.07) is 14.1. The van der Waals surface area contributed by atoms with Crippen LogP contribution in [0.4, 0.5) is 5.69 Å². The molecular formula is C18H23N3O3S. The largest absolute Gasteiger partial charge is 0.325 e. The maximum Gasteiger partial charge on any atom is 0.238 e. The number of para-hydroxylation sites is 1. The van der Waals surface area contributed by atoms with E-state index in [0.717, 1.165) is 23.2 Å². The molecule has 0 saturated carbocycles. The van der Waals surface area contributed by atoms with E-state index in [4.69, 9.17) is 5.14 Å². The average Bonchev–Trinajstić information content (AvgIpc) is 2.59. The van der Waals surface area contributed by atoms with Crippen LogP contribution in [0.1, 0.15) is 18.1 Å². The van der Waals surface area contributed by atoms with Crippen molar-refractivity contribution in [1.82, 2.24) is 5.32 Å². The summed E-state index contributed by atoms with van der Waals surface area (Å²) in [6.07, 6.45) is 1.54. The molecule has 2 aromatic rings. The van der Waals surface area contributed by atoms with Gasteiger partial charge < -0.3 is 10.6 Å². The molecule has 0 unspecified atom stereocenters.